The van der Waals surface area contributed by atoms with E-state index in [0.29, 0.717) is 4.47 Å². The third-order valence-corrected chi connectivity index (χ3v) is 2.67. The van der Waals surface area contributed by atoms with Gasteiger partial charge in [-0.05, 0) is 24.6 Å². The normalized spacial score (nSPS) is 11.5. The van der Waals surface area contributed by atoms with Gasteiger partial charge in [0.15, 0.2) is 5.78 Å². The van der Waals surface area contributed by atoms with Crippen molar-refractivity contribution in [1.82, 2.24) is 0 Å². The molecule has 1 rings (SSSR count). The van der Waals surface area contributed by atoms with E-state index in [4.69, 9.17) is 5.73 Å². The van der Waals surface area contributed by atoms with Crippen molar-refractivity contribution in [1.29, 1.82) is 0 Å². The molecule has 0 aliphatic carbocycles. The minimum Gasteiger partial charge on any atom is -0.398 e. The molecule has 1 aromatic rings. The van der Waals surface area contributed by atoms with Gasteiger partial charge in [0, 0.05) is 28.6 Å². The number of carbonyl (C=O) groups excluding carboxylic acids is 1. The Labute approximate surface area is 105 Å². The maximum absolute atomic E-state index is 11.9. The van der Waals surface area contributed by atoms with Crippen molar-refractivity contribution in [3.63, 3.8) is 0 Å². The fraction of sp³-hybridized carbons (Fsp3) is 0.364. The number of benzene rings is 1. The smallest absolute Gasteiger partial charge is 0.389 e. The lowest BCUT2D eigenvalue weighted by Gasteiger charge is -2.07. The predicted molar refractivity (Wildman–Crippen MR) is 62.8 cm³/mol. The summed E-state index contributed by atoms with van der Waals surface area (Å²) >= 11 is 3.18. The first kappa shape index (κ1) is 14.0. The van der Waals surface area contributed by atoms with Crippen molar-refractivity contribution in [3.8, 4) is 0 Å². The molecule has 0 bridgehead atoms. The monoisotopic (exact) mass is 309 g/mol. The number of anilines is 1. The van der Waals surface area contributed by atoms with Crippen LogP contribution in [0.3, 0.4) is 0 Å². The number of nitrogens with two attached hydrogens (primary N) is 1. The van der Waals surface area contributed by atoms with Crippen molar-refractivity contribution in [2.45, 2.75) is 25.4 Å². The molecule has 0 amide bonds. The average molecular weight is 310 g/mol. The third kappa shape index (κ3) is 4.77. The van der Waals surface area contributed by atoms with E-state index in [0.717, 1.165) is 0 Å². The van der Waals surface area contributed by atoms with Crippen molar-refractivity contribution in [3.05, 3.63) is 28.2 Å². The Morgan fingerprint density at radius 2 is 2.00 bits per heavy atom. The molecule has 0 radical (unpaired) electrons. The number of Topliss-reactive ketones (excluding diaryl/α,β-unsaturated/α-hetero) is 1. The van der Waals surface area contributed by atoms with Crippen LogP contribution >= 0.6 is 15.9 Å². The van der Waals surface area contributed by atoms with E-state index in [1.54, 1.807) is 12.1 Å². The fourth-order valence-electron chi connectivity index (χ4n) is 1.35. The summed E-state index contributed by atoms with van der Waals surface area (Å²) in [5, 5.41) is 0. The molecule has 0 saturated carbocycles. The topological polar surface area (TPSA) is 43.1 Å². The van der Waals surface area contributed by atoms with Crippen LogP contribution in [0.25, 0.3) is 0 Å². The van der Waals surface area contributed by atoms with Crippen molar-refractivity contribution >= 4 is 27.4 Å². The summed E-state index contributed by atoms with van der Waals surface area (Å²) in [5.74, 6) is -0.368. The molecule has 2 nitrogen and oxygen atoms in total. The number of halogens is 4. The molecule has 1 aromatic carbocycles. The zero-order valence-electron chi connectivity index (χ0n) is 8.85. The van der Waals surface area contributed by atoms with Gasteiger partial charge in [-0.15, -0.1) is 0 Å². The minimum absolute atomic E-state index is 0.153. The summed E-state index contributed by atoms with van der Waals surface area (Å²) in [5.41, 5.74) is 6.13. The van der Waals surface area contributed by atoms with Crippen molar-refractivity contribution < 1.29 is 18.0 Å². The summed E-state index contributed by atoms with van der Waals surface area (Å²) < 4.78 is 36.4. The van der Waals surface area contributed by atoms with Crippen molar-refractivity contribution in [2.24, 2.45) is 0 Å². The zero-order valence-corrected chi connectivity index (χ0v) is 10.4. The summed E-state index contributed by atoms with van der Waals surface area (Å²) in [7, 11) is 0. The Hall–Kier alpha value is -1.04. The summed E-state index contributed by atoms with van der Waals surface area (Å²) in [6.45, 7) is 0. The SMILES string of the molecule is Nc1ccc(Br)cc1C(=O)CCCC(F)(F)F. The number of carbonyl (C=O) groups is 1. The molecular formula is C11H11BrF3NO. The average Bonchev–Trinajstić information content (AvgIpc) is 2.19. The Balaban J connectivity index is 2.61. The second-order valence-electron chi connectivity index (χ2n) is 3.62. The molecule has 0 saturated heterocycles. The largest absolute Gasteiger partial charge is 0.398 e. The summed E-state index contributed by atoms with van der Waals surface area (Å²) in [4.78, 5) is 11.6. The van der Waals surface area contributed by atoms with Crippen LogP contribution in [-0.4, -0.2) is 12.0 Å². The Kier molecular flexibility index (Phi) is 4.56. The predicted octanol–water partition coefficient (Wildman–Crippen LogP) is 3.95. The maximum atomic E-state index is 11.9. The van der Waals surface area contributed by atoms with Crippen LogP contribution in [0.5, 0.6) is 0 Å². The van der Waals surface area contributed by atoms with Crippen LogP contribution in [-0.2, 0) is 0 Å². The van der Waals surface area contributed by atoms with Crippen LogP contribution in [0, 0.1) is 0 Å². The lowest BCUT2D eigenvalue weighted by atomic mass is 10.0. The Morgan fingerprint density at radius 3 is 2.59 bits per heavy atom. The summed E-state index contributed by atoms with van der Waals surface area (Å²) in [6, 6.07) is 4.73. The van der Waals surface area contributed by atoms with E-state index < -0.39 is 12.6 Å². The van der Waals surface area contributed by atoms with Crippen molar-refractivity contribution in [2.75, 3.05) is 5.73 Å². The highest BCUT2D eigenvalue weighted by Gasteiger charge is 2.26. The van der Waals surface area contributed by atoms with E-state index >= 15 is 0 Å². The highest BCUT2D eigenvalue weighted by molar-refractivity contribution is 9.10. The number of ketones is 1. The number of rotatable bonds is 4. The van der Waals surface area contributed by atoms with Gasteiger partial charge in [-0.25, -0.2) is 0 Å². The fourth-order valence-corrected chi connectivity index (χ4v) is 1.72. The molecule has 17 heavy (non-hydrogen) atoms. The Morgan fingerprint density at radius 1 is 1.35 bits per heavy atom. The van der Waals surface area contributed by atoms with Gasteiger partial charge < -0.3 is 5.73 Å². The van der Waals surface area contributed by atoms with E-state index in [1.807, 2.05) is 0 Å². The highest BCUT2D eigenvalue weighted by Crippen LogP contribution is 2.24. The number of alkyl halides is 3. The lowest BCUT2D eigenvalue weighted by Crippen LogP contribution is -2.09. The van der Waals surface area contributed by atoms with E-state index in [-0.39, 0.29) is 29.9 Å². The van der Waals surface area contributed by atoms with Gasteiger partial charge in [0.05, 0.1) is 0 Å². The molecule has 6 heteroatoms. The van der Waals surface area contributed by atoms with Gasteiger partial charge >= 0.3 is 6.18 Å². The van der Waals surface area contributed by atoms with Crippen LogP contribution in [0.15, 0.2) is 22.7 Å². The van der Waals surface area contributed by atoms with Gasteiger partial charge in [0.2, 0.25) is 0 Å². The molecule has 0 fully saturated rings. The van der Waals surface area contributed by atoms with Crippen LogP contribution in [0.2, 0.25) is 0 Å². The molecule has 2 N–H and O–H groups in total. The summed E-state index contributed by atoms with van der Waals surface area (Å²) in [6.07, 6.45) is -5.54. The quantitative estimate of drug-likeness (QED) is 0.676. The molecule has 0 aliphatic rings. The number of nitrogen functional groups attached to an aromatic ring is 1. The van der Waals surface area contributed by atoms with E-state index in [1.165, 1.54) is 6.07 Å². The van der Waals surface area contributed by atoms with Gasteiger partial charge in [-0.1, -0.05) is 15.9 Å². The van der Waals surface area contributed by atoms with Gasteiger partial charge in [-0.3, -0.25) is 4.79 Å². The first-order valence-electron chi connectivity index (χ1n) is 4.94. The number of hydrogen-bond acceptors (Lipinski definition) is 2. The van der Waals surface area contributed by atoms with Crippen LogP contribution < -0.4 is 5.73 Å². The molecule has 0 spiro atoms. The molecule has 0 unspecified atom stereocenters. The van der Waals surface area contributed by atoms with Gasteiger partial charge in [0.1, 0.15) is 0 Å². The second-order valence-corrected chi connectivity index (χ2v) is 4.54. The molecular weight excluding hydrogens is 299 g/mol. The van der Waals surface area contributed by atoms with E-state index in [2.05, 4.69) is 15.9 Å². The third-order valence-electron chi connectivity index (χ3n) is 2.18. The van der Waals surface area contributed by atoms with E-state index in [9.17, 15) is 18.0 Å². The molecule has 0 aliphatic heterocycles. The molecule has 0 aromatic heterocycles. The number of hydrogen-bond donors (Lipinski definition) is 1. The zero-order chi connectivity index (χ0) is 13.1. The standard InChI is InChI=1S/C11H11BrF3NO/c12-7-3-4-9(16)8(6-7)10(17)2-1-5-11(13,14)15/h3-4,6H,1-2,5,16H2. The Bertz CT molecular complexity index is 418. The van der Waals surface area contributed by atoms with Gasteiger partial charge in [-0.2, -0.15) is 13.2 Å². The first-order chi connectivity index (χ1) is 7.79. The maximum Gasteiger partial charge on any atom is 0.389 e. The van der Waals surface area contributed by atoms with Crippen LogP contribution in [0.4, 0.5) is 18.9 Å². The second kappa shape index (κ2) is 5.53. The first-order valence-corrected chi connectivity index (χ1v) is 5.74. The molecule has 94 valence electrons. The molecule has 0 atom stereocenters. The lowest BCUT2D eigenvalue weighted by molar-refractivity contribution is -0.135. The molecule has 0 heterocycles. The van der Waals surface area contributed by atoms with Gasteiger partial charge in [0.25, 0.3) is 0 Å². The van der Waals surface area contributed by atoms with Crippen LogP contribution in [0.1, 0.15) is 29.6 Å². The minimum atomic E-state index is -4.22. The highest BCUT2D eigenvalue weighted by atomic mass is 79.9.